The van der Waals surface area contributed by atoms with E-state index in [1.807, 2.05) is 6.07 Å². The average molecular weight is 602 g/mol. The van der Waals surface area contributed by atoms with Gasteiger partial charge in [-0.05, 0) is 48.2 Å². The van der Waals surface area contributed by atoms with Gasteiger partial charge in [-0.15, -0.1) is 0 Å². The summed E-state index contributed by atoms with van der Waals surface area (Å²) < 4.78 is 32.9. The third-order valence-corrected chi connectivity index (χ3v) is 7.05. The summed E-state index contributed by atoms with van der Waals surface area (Å²) in [6.07, 6.45) is 1.22. The van der Waals surface area contributed by atoms with Crippen LogP contribution in [-0.2, 0) is 14.5 Å². The Balaban J connectivity index is 1.51. The van der Waals surface area contributed by atoms with Crippen LogP contribution in [0.5, 0.6) is 0 Å². The molecule has 14 heteroatoms. The largest absolute Gasteiger partial charge is 0.441 e. The Labute approximate surface area is 220 Å². The third kappa shape index (κ3) is 6.29. The van der Waals surface area contributed by atoms with Gasteiger partial charge in [0.05, 0.1) is 18.3 Å². The Morgan fingerprint density at radius 2 is 2.14 bits per heavy atom. The highest BCUT2D eigenvalue weighted by molar-refractivity contribution is 9.10. The first-order valence-corrected chi connectivity index (χ1v) is 13.3. The molecule has 5 N–H and O–H groups in total. The molecule has 3 aromatic rings. The van der Waals surface area contributed by atoms with Crippen LogP contribution >= 0.6 is 27.5 Å². The maximum absolute atomic E-state index is 13.2. The smallest absolute Gasteiger partial charge is 0.333 e. The number of anilines is 1. The maximum atomic E-state index is 13.2. The minimum Gasteiger partial charge on any atom is -0.441 e. The zero-order chi connectivity index (χ0) is 26.0. The molecule has 192 valence electrons. The van der Waals surface area contributed by atoms with E-state index in [1.165, 1.54) is 18.6 Å². The molecular formula is C22H22BrClN4O7S. The van der Waals surface area contributed by atoms with Gasteiger partial charge in [0.25, 0.3) is 0 Å². The molecule has 11 nitrogen and oxygen atoms in total. The number of furan rings is 1. The summed E-state index contributed by atoms with van der Waals surface area (Å²) in [5, 5.41) is 28.9. The maximum Gasteiger partial charge on any atom is 0.333 e. The molecule has 1 aromatic carbocycles. The fraction of sp³-hybridized carbons (Fsp3) is 0.318. The molecule has 1 unspecified atom stereocenters. The first-order valence-electron chi connectivity index (χ1n) is 10.7. The van der Waals surface area contributed by atoms with Crippen LogP contribution < -0.4 is 10.5 Å². The second-order valence-corrected chi connectivity index (χ2v) is 10.8. The lowest BCUT2D eigenvalue weighted by Gasteiger charge is -2.15. The van der Waals surface area contributed by atoms with Gasteiger partial charge < -0.3 is 19.9 Å². The van der Waals surface area contributed by atoms with Crippen molar-refractivity contribution in [3.63, 3.8) is 0 Å². The molecule has 1 saturated carbocycles. The second kappa shape index (κ2) is 10.9. The molecule has 0 spiro atoms. The van der Waals surface area contributed by atoms with E-state index in [0.29, 0.717) is 12.0 Å². The number of nitrogens with zero attached hydrogens (tertiary/aromatic N) is 2. The van der Waals surface area contributed by atoms with Crippen LogP contribution in [0.25, 0.3) is 0 Å². The van der Waals surface area contributed by atoms with E-state index in [4.69, 9.17) is 21.2 Å². The number of aliphatic hydroxyl groups is 2. The molecule has 0 bridgehead atoms. The number of aromatic nitrogens is 2. The number of carbonyl (C=O) groups excluding carboxylic acids is 1. The summed E-state index contributed by atoms with van der Waals surface area (Å²) in [5.74, 6) is -0.970. The van der Waals surface area contributed by atoms with Gasteiger partial charge in [0, 0.05) is 28.2 Å². The minimum atomic E-state index is -4.13. The zero-order valence-corrected chi connectivity index (χ0v) is 21.7. The lowest BCUT2D eigenvalue weighted by atomic mass is 10.0. The minimum absolute atomic E-state index is 0.0881. The highest BCUT2D eigenvalue weighted by Gasteiger charge is 2.35. The highest BCUT2D eigenvalue weighted by Crippen LogP contribution is 2.34. The average Bonchev–Trinajstić information content (AvgIpc) is 3.38. The van der Waals surface area contributed by atoms with E-state index in [2.05, 4.69) is 35.4 Å². The van der Waals surface area contributed by atoms with Crippen molar-refractivity contribution in [2.24, 2.45) is 11.1 Å². The van der Waals surface area contributed by atoms with Crippen molar-refractivity contribution < 1.29 is 32.0 Å². The van der Waals surface area contributed by atoms with Crippen molar-refractivity contribution in [3.8, 4) is 0 Å². The number of nitrogens with two attached hydrogens (primary N) is 1. The quantitative estimate of drug-likeness (QED) is 0.266. The number of ketones is 1. The topological polar surface area (TPSA) is 178 Å². The molecular weight excluding hydrogens is 580 g/mol. The van der Waals surface area contributed by atoms with Gasteiger partial charge in [0.1, 0.15) is 18.2 Å². The highest BCUT2D eigenvalue weighted by atomic mass is 79.9. The van der Waals surface area contributed by atoms with Gasteiger partial charge in [0.15, 0.2) is 11.0 Å². The van der Waals surface area contributed by atoms with Gasteiger partial charge in [0.2, 0.25) is 5.78 Å². The summed E-state index contributed by atoms with van der Waals surface area (Å²) >= 11 is 9.55. The molecule has 1 fully saturated rings. The summed E-state index contributed by atoms with van der Waals surface area (Å²) in [4.78, 5) is 21.3. The van der Waals surface area contributed by atoms with E-state index in [9.17, 15) is 23.4 Å². The fourth-order valence-electron chi connectivity index (χ4n) is 4.06. The number of halogens is 2. The van der Waals surface area contributed by atoms with E-state index in [-0.39, 0.29) is 47.0 Å². The molecule has 1 aliphatic rings. The number of rotatable bonds is 9. The van der Waals surface area contributed by atoms with Crippen LogP contribution in [-0.4, -0.2) is 53.1 Å². The fourth-order valence-corrected chi connectivity index (χ4v) is 5.08. The third-order valence-electron chi connectivity index (χ3n) is 5.80. The Morgan fingerprint density at radius 3 is 2.86 bits per heavy atom. The SMILES string of the molecule is NS(=O)(=O)OC[C@H]1C[C@@H](Nc2ncncc2C(=O)c2cc(C(O)c3cccc(Br)c3)c(Cl)o2)C[C@@H]1O. The van der Waals surface area contributed by atoms with Crippen LogP contribution in [0.15, 0.2) is 51.7 Å². The molecule has 1 aliphatic carbocycles. The van der Waals surface area contributed by atoms with Crippen molar-refractivity contribution in [1.82, 2.24) is 9.97 Å². The molecule has 0 radical (unpaired) electrons. The zero-order valence-electron chi connectivity index (χ0n) is 18.5. The Kier molecular flexibility index (Phi) is 8.09. The van der Waals surface area contributed by atoms with E-state index in [0.717, 1.165) is 4.47 Å². The summed E-state index contributed by atoms with van der Waals surface area (Å²) in [7, 11) is -4.13. The van der Waals surface area contributed by atoms with Gasteiger partial charge in [-0.3, -0.25) is 8.98 Å². The Hall–Kier alpha value is -2.39. The molecule has 2 heterocycles. The molecule has 2 aromatic heterocycles. The summed E-state index contributed by atoms with van der Waals surface area (Å²) in [6.45, 7) is -0.262. The van der Waals surface area contributed by atoms with Gasteiger partial charge in [-0.1, -0.05) is 28.1 Å². The molecule has 0 amide bonds. The summed E-state index contributed by atoms with van der Waals surface area (Å²) in [6, 6.07) is 8.04. The van der Waals surface area contributed by atoms with Crippen molar-refractivity contribution in [1.29, 1.82) is 0 Å². The predicted molar refractivity (Wildman–Crippen MR) is 133 cm³/mol. The lowest BCUT2D eigenvalue weighted by molar-refractivity contribution is 0.100. The number of hydrogen-bond donors (Lipinski definition) is 4. The van der Waals surface area contributed by atoms with E-state index >= 15 is 0 Å². The van der Waals surface area contributed by atoms with Gasteiger partial charge >= 0.3 is 10.3 Å². The van der Waals surface area contributed by atoms with Gasteiger partial charge in [-0.25, -0.2) is 15.1 Å². The van der Waals surface area contributed by atoms with Crippen LogP contribution in [0.2, 0.25) is 5.22 Å². The van der Waals surface area contributed by atoms with E-state index < -0.39 is 34.2 Å². The molecule has 0 aliphatic heterocycles. The Bertz CT molecular complexity index is 1370. The first-order chi connectivity index (χ1) is 17.0. The van der Waals surface area contributed by atoms with Crippen molar-refractivity contribution in [3.05, 3.63) is 75.0 Å². The number of hydrogen-bond acceptors (Lipinski definition) is 10. The number of carbonyl (C=O) groups is 1. The Morgan fingerprint density at radius 1 is 1.36 bits per heavy atom. The monoisotopic (exact) mass is 600 g/mol. The van der Waals surface area contributed by atoms with E-state index in [1.54, 1.807) is 18.2 Å². The van der Waals surface area contributed by atoms with Crippen molar-refractivity contribution >= 4 is 49.4 Å². The lowest BCUT2D eigenvalue weighted by Crippen LogP contribution is -2.24. The second-order valence-electron chi connectivity index (χ2n) is 8.33. The van der Waals surface area contributed by atoms with Crippen molar-refractivity contribution in [2.75, 3.05) is 11.9 Å². The van der Waals surface area contributed by atoms with Crippen LogP contribution in [0.1, 0.15) is 46.2 Å². The standard InChI is InChI=1S/C22H22BrClN4O7S/c23-13-3-1-2-11(4-13)19(30)15-7-18(35-21(15)24)20(31)16-8-26-10-27-22(16)28-14-5-12(17(29)6-14)9-34-36(25,32)33/h1-4,7-8,10,12,14,17,19,29-30H,5-6,9H2,(H2,25,32,33)(H,26,27,28)/t12-,14-,17+,19?/m1/s1. The van der Waals surface area contributed by atoms with Crippen LogP contribution in [0, 0.1) is 5.92 Å². The molecule has 36 heavy (non-hydrogen) atoms. The van der Waals surface area contributed by atoms with Crippen LogP contribution in [0.4, 0.5) is 5.82 Å². The molecule has 4 atom stereocenters. The number of aliphatic hydroxyl groups excluding tert-OH is 2. The number of nitrogens with one attached hydrogen (secondary N) is 1. The van der Waals surface area contributed by atoms with Crippen LogP contribution in [0.3, 0.4) is 0 Å². The normalized spacial score (nSPS) is 20.9. The van der Waals surface area contributed by atoms with Gasteiger partial charge in [-0.2, -0.15) is 8.42 Å². The summed E-state index contributed by atoms with van der Waals surface area (Å²) in [5.41, 5.74) is 0.864. The van der Waals surface area contributed by atoms with Crippen molar-refractivity contribution in [2.45, 2.75) is 31.1 Å². The first kappa shape index (κ1) is 26.7. The molecule has 4 rings (SSSR count). The molecule has 0 saturated heterocycles. The predicted octanol–water partition coefficient (Wildman–Crippen LogP) is 2.57. The number of benzene rings is 1.